The van der Waals surface area contributed by atoms with Gasteiger partial charge in [-0.25, -0.2) is 4.98 Å². The number of nitrogens with one attached hydrogen (secondary N) is 2. The van der Waals surface area contributed by atoms with Crippen LogP contribution in [0.25, 0.3) is 0 Å². The van der Waals surface area contributed by atoms with Crippen molar-refractivity contribution in [3.8, 4) is 11.6 Å². The van der Waals surface area contributed by atoms with Crippen molar-refractivity contribution >= 4 is 11.8 Å². The van der Waals surface area contributed by atoms with E-state index in [2.05, 4.69) is 15.6 Å². The molecule has 0 atom stereocenters. The normalized spacial score (nSPS) is 10.4. The summed E-state index contributed by atoms with van der Waals surface area (Å²) in [6.45, 7) is 6.29. The molecule has 6 heteroatoms. The number of ether oxygens (including phenoxy) is 1. The van der Waals surface area contributed by atoms with Gasteiger partial charge in [-0.3, -0.25) is 9.59 Å². The molecule has 0 saturated carbocycles. The fraction of sp³-hybridized carbons (Fsp3) is 0.208. The van der Waals surface area contributed by atoms with E-state index in [-0.39, 0.29) is 11.8 Å². The molecule has 3 rings (SSSR count). The van der Waals surface area contributed by atoms with Crippen LogP contribution in [0.4, 0.5) is 0 Å². The van der Waals surface area contributed by atoms with Gasteiger partial charge in [0.2, 0.25) is 11.8 Å². The van der Waals surface area contributed by atoms with Gasteiger partial charge < -0.3 is 15.4 Å². The molecule has 154 valence electrons. The van der Waals surface area contributed by atoms with Gasteiger partial charge in [-0.05, 0) is 54.3 Å². The zero-order valence-electron chi connectivity index (χ0n) is 17.4. The van der Waals surface area contributed by atoms with E-state index in [0.717, 1.165) is 28.0 Å². The van der Waals surface area contributed by atoms with Gasteiger partial charge in [0.15, 0.2) is 0 Å². The second kappa shape index (κ2) is 9.69. The van der Waals surface area contributed by atoms with Crippen molar-refractivity contribution in [1.82, 2.24) is 15.6 Å². The number of aromatic nitrogens is 1. The summed E-state index contributed by atoms with van der Waals surface area (Å²) in [5.74, 6) is 1.03. The van der Waals surface area contributed by atoms with Crippen LogP contribution in [0.15, 0.2) is 60.8 Å². The van der Waals surface area contributed by atoms with Crippen LogP contribution in [0.5, 0.6) is 11.6 Å². The molecule has 6 nitrogen and oxygen atoms in total. The Labute approximate surface area is 176 Å². The molecule has 0 unspecified atom stereocenters. The van der Waals surface area contributed by atoms with Gasteiger partial charge >= 0.3 is 0 Å². The largest absolute Gasteiger partial charge is 0.439 e. The lowest BCUT2D eigenvalue weighted by molar-refractivity contribution is -0.119. The lowest BCUT2D eigenvalue weighted by atomic mass is 10.1. The van der Waals surface area contributed by atoms with Crippen molar-refractivity contribution in [3.63, 3.8) is 0 Å². The maximum Gasteiger partial charge on any atom is 0.251 e. The number of carbonyl (C=O) groups is 2. The molecular formula is C24H25N3O3. The molecule has 0 aliphatic carbocycles. The Kier molecular flexibility index (Phi) is 6.80. The number of nitrogens with zero attached hydrogens (tertiary/aromatic N) is 1. The maximum atomic E-state index is 12.3. The number of pyridine rings is 1. The van der Waals surface area contributed by atoms with Crippen LogP contribution >= 0.6 is 0 Å². The first-order valence-corrected chi connectivity index (χ1v) is 9.72. The van der Waals surface area contributed by atoms with E-state index in [9.17, 15) is 9.59 Å². The molecule has 0 spiro atoms. The van der Waals surface area contributed by atoms with Gasteiger partial charge in [-0.2, -0.15) is 0 Å². The molecule has 0 saturated heterocycles. The predicted molar refractivity (Wildman–Crippen MR) is 115 cm³/mol. The average Bonchev–Trinajstić information content (AvgIpc) is 2.74. The third kappa shape index (κ3) is 5.91. The molecule has 2 N–H and O–H groups in total. The minimum atomic E-state index is -0.170. The van der Waals surface area contributed by atoms with Crippen molar-refractivity contribution in [1.29, 1.82) is 0 Å². The van der Waals surface area contributed by atoms with Gasteiger partial charge in [-0.15, -0.1) is 0 Å². The van der Waals surface area contributed by atoms with Gasteiger partial charge in [0.1, 0.15) is 5.75 Å². The zero-order valence-corrected chi connectivity index (χ0v) is 17.4. The van der Waals surface area contributed by atoms with E-state index < -0.39 is 0 Å². The van der Waals surface area contributed by atoms with E-state index in [1.165, 1.54) is 6.92 Å². The standard InChI is InChI=1S/C24H25N3O3/c1-16-4-5-17(2)22(12-16)30-23-11-8-20(14-26-23)15-27-24(29)21-9-6-19(7-10-21)13-25-18(3)28/h4-12,14H,13,15H2,1-3H3,(H,25,28)(H,27,29). The summed E-state index contributed by atoms with van der Waals surface area (Å²) < 4.78 is 5.86. The van der Waals surface area contributed by atoms with E-state index in [4.69, 9.17) is 4.74 Å². The highest BCUT2D eigenvalue weighted by Gasteiger charge is 2.07. The quantitative estimate of drug-likeness (QED) is 0.624. The Bertz CT molecular complexity index is 1030. The highest BCUT2D eigenvalue weighted by Crippen LogP contribution is 2.24. The Morgan fingerprint density at radius 3 is 2.27 bits per heavy atom. The van der Waals surface area contributed by atoms with Crippen LogP contribution in [0.1, 0.15) is 39.5 Å². The van der Waals surface area contributed by atoms with E-state index in [0.29, 0.717) is 24.5 Å². The van der Waals surface area contributed by atoms with Crippen LogP contribution in [-0.2, 0) is 17.9 Å². The van der Waals surface area contributed by atoms with Crippen molar-refractivity contribution in [2.45, 2.75) is 33.9 Å². The fourth-order valence-corrected chi connectivity index (χ4v) is 2.79. The van der Waals surface area contributed by atoms with Crippen LogP contribution in [0, 0.1) is 13.8 Å². The van der Waals surface area contributed by atoms with Crippen LogP contribution in [-0.4, -0.2) is 16.8 Å². The van der Waals surface area contributed by atoms with Crippen LogP contribution in [0.2, 0.25) is 0 Å². The SMILES string of the molecule is CC(=O)NCc1ccc(C(=O)NCc2ccc(Oc3cc(C)ccc3C)nc2)cc1. The van der Waals surface area contributed by atoms with E-state index in [1.54, 1.807) is 24.4 Å². The maximum absolute atomic E-state index is 12.3. The number of carbonyl (C=O) groups excluding carboxylic acids is 2. The molecule has 2 aromatic carbocycles. The third-order valence-electron chi connectivity index (χ3n) is 4.57. The van der Waals surface area contributed by atoms with Crippen LogP contribution < -0.4 is 15.4 Å². The molecule has 1 heterocycles. The summed E-state index contributed by atoms with van der Waals surface area (Å²) in [5.41, 5.74) is 4.54. The number of aryl methyl sites for hydroxylation is 2. The molecule has 0 aliphatic heterocycles. The van der Waals surface area contributed by atoms with E-state index >= 15 is 0 Å². The number of rotatable bonds is 7. The minimum Gasteiger partial charge on any atom is -0.439 e. The van der Waals surface area contributed by atoms with Crippen molar-refractivity contribution in [3.05, 3.63) is 88.6 Å². The van der Waals surface area contributed by atoms with Crippen molar-refractivity contribution in [2.75, 3.05) is 0 Å². The topological polar surface area (TPSA) is 80.3 Å². The first-order chi connectivity index (χ1) is 14.4. The third-order valence-corrected chi connectivity index (χ3v) is 4.57. The van der Waals surface area contributed by atoms with Gasteiger partial charge in [-0.1, -0.05) is 30.3 Å². The second-order valence-electron chi connectivity index (χ2n) is 7.17. The Morgan fingerprint density at radius 1 is 0.900 bits per heavy atom. The molecule has 0 aliphatic rings. The molecule has 0 bridgehead atoms. The average molecular weight is 403 g/mol. The highest BCUT2D eigenvalue weighted by molar-refractivity contribution is 5.94. The molecule has 3 aromatic rings. The lowest BCUT2D eigenvalue weighted by Gasteiger charge is -2.10. The number of hydrogen-bond donors (Lipinski definition) is 2. The minimum absolute atomic E-state index is 0.0872. The molecule has 1 aromatic heterocycles. The second-order valence-corrected chi connectivity index (χ2v) is 7.17. The van der Waals surface area contributed by atoms with Gasteiger partial charge in [0.05, 0.1) is 0 Å². The van der Waals surface area contributed by atoms with Crippen LogP contribution in [0.3, 0.4) is 0 Å². The summed E-state index contributed by atoms with van der Waals surface area (Å²) in [6.07, 6.45) is 1.69. The fourth-order valence-electron chi connectivity index (χ4n) is 2.79. The molecule has 0 radical (unpaired) electrons. The predicted octanol–water partition coefficient (Wildman–Crippen LogP) is 4.06. The summed E-state index contributed by atoms with van der Waals surface area (Å²) in [7, 11) is 0. The first-order valence-electron chi connectivity index (χ1n) is 9.72. The Hall–Kier alpha value is -3.67. The van der Waals surface area contributed by atoms with Gasteiger partial charge in [0.25, 0.3) is 5.91 Å². The zero-order chi connectivity index (χ0) is 21.5. The Morgan fingerprint density at radius 2 is 1.60 bits per heavy atom. The summed E-state index contributed by atoms with van der Waals surface area (Å²) in [4.78, 5) is 27.6. The number of hydrogen-bond acceptors (Lipinski definition) is 4. The molecule has 0 fully saturated rings. The van der Waals surface area contributed by atoms with E-state index in [1.807, 2.05) is 50.2 Å². The summed E-state index contributed by atoms with van der Waals surface area (Å²) >= 11 is 0. The lowest BCUT2D eigenvalue weighted by Crippen LogP contribution is -2.23. The van der Waals surface area contributed by atoms with Crippen molar-refractivity contribution < 1.29 is 14.3 Å². The summed E-state index contributed by atoms with van der Waals surface area (Å²) in [5, 5.41) is 5.61. The molecule has 2 amide bonds. The van der Waals surface area contributed by atoms with Gasteiger partial charge in [0, 0.05) is 37.8 Å². The smallest absolute Gasteiger partial charge is 0.251 e. The van der Waals surface area contributed by atoms with Crippen molar-refractivity contribution in [2.24, 2.45) is 0 Å². The Balaban J connectivity index is 1.53. The molecule has 30 heavy (non-hydrogen) atoms. The summed E-state index contributed by atoms with van der Waals surface area (Å²) in [6, 6.07) is 16.8. The number of amides is 2. The number of benzene rings is 2. The highest BCUT2D eigenvalue weighted by atomic mass is 16.5. The monoisotopic (exact) mass is 403 g/mol. The molecular weight excluding hydrogens is 378 g/mol. The first kappa shape index (κ1) is 21.0.